The van der Waals surface area contributed by atoms with Gasteiger partial charge in [0.25, 0.3) is 0 Å². The zero-order valence-electron chi connectivity index (χ0n) is 11.3. The molecule has 20 heavy (non-hydrogen) atoms. The summed E-state index contributed by atoms with van der Waals surface area (Å²) < 4.78 is 0. The Bertz CT molecular complexity index is 697. The number of fused-ring (bicyclic) bond motifs is 1. The molecule has 100 valence electrons. The SMILES string of the molecule is CCNC(c1ccnnc1)c1cnc2ccccc2c1. The van der Waals surface area contributed by atoms with Gasteiger partial charge in [0.15, 0.2) is 0 Å². The minimum absolute atomic E-state index is 0.0904. The van der Waals surface area contributed by atoms with Crippen molar-refractivity contribution in [3.63, 3.8) is 0 Å². The zero-order valence-corrected chi connectivity index (χ0v) is 11.3. The van der Waals surface area contributed by atoms with Crippen molar-refractivity contribution in [1.82, 2.24) is 20.5 Å². The number of para-hydroxylation sites is 1. The van der Waals surface area contributed by atoms with Crippen LogP contribution in [0.5, 0.6) is 0 Å². The minimum Gasteiger partial charge on any atom is -0.306 e. The maximum atomic E-state index is 4.53. The third kappa shape index (κ3) is 2.51. The van der Waals surface area contributed by atoms with Crippen LogP contribution in [0.1, 0.15) is 24.1 Å². The fraction of sp³-hybridized carbons (Fsp3) is 0.188. The van der Waals surface area contributed by atoms with Crippen molar-refractivity contribution < 1.29 is 0 Å². The number of pyridine rings is 1. The minimum atomic E-state index is 0.0904. The van der Waals surface area contributed by atoms with Gasteiger partial charge in [-0.1, -0.05) is 25.1 Å². The molecule has 2 heterocycles. The summed E-state index contributed by atoms with van der Waals surface area (Å²) in [6, 6.07) is 12.4. The van der Waals surface area contributed by atoms with E-state index >= 15 is 0 Å². The molecule has 3 rings (SSSR count). The molecule has 0 radical (unpaired) electrons. The second kappa shape index (κ2) is 5.75. The third-order valence-corrected chi connectivity index (χ3v) is 3.29. The zero-order chi connectivity index (χ0) is 13.8. The van der Waals surface area contributed by atoms with E-state index in [-0.39, 0.29) is 6.04 Å². The molecule has 0 saturated heterocycles. The Morgan fingerprint density at radius 1 is 1.05 bits per heavy atom. The number of benzene rings is 1. The molecule has 0 aliphatic heterocycles. The van der Waals surface area contributed by atoms with Crippen LogP contribution in [0.3, 0.4) is 0 Å². The lowest BCUT2D eigenvalue weighted by molar-refractivity contribution is 0.625. The van der Waals surface area contributed by atoms with E-state index in [1.165, 1.54) is 0 Å². The van der Waals surface area contributed by atoms with Crippen LogP contribution in [-0.4, -0.2) is 21.7 Å². The van der Waals surface area contributed by atoms with Gasteiger partial charge >= 0.3 is 0 Å². The van der Waals surface area contributed by atoms with Crippen LogP contribution in [0.4, 0.5) is 0 Å². The van der Waals surface area contributed by atoms with Gasteiger partial charge in [-0.2, -0.15) is 10.2 Å². The highest BCUT2D eigenvalue weighted by Gasteiger charge is 2.14. The molecule has 0 saturated carbocycles. The Balaban J connectivity index is 2.05. The van der Waals surface area contributed by atoms with Gasteiger partial charge in [0.05, 0.1) is 17.8 Å². The summed E-state index contributed by atoms with van der Waals surface area (Å²) in [6.07, 6.45) is 5.44. The topological polar surface area (TPSA) is 50.7 Å². The summed E-state index contributed by atoms with van der Waals surface area (Å²) in [5, 5.41) is 12.4. The van der Waals surface area contributed by atoms with Crippen molar-refractivity contribution in [2.24, 2.45) is 0 Å². The Morgan fingerprint density at radius 3 is 2.75 bits per heavy atom. The van der Waals surface area contributed by atoms with E-state index in [2.05, 4.69) is 39.6 Å². The van der Waals surface area contributed by atoms with Crippen LogP contribution >= 0.6 is 0 Å². The summed E-state index contributed by atoms with van der Waals surface area (Å²) in [7, 11) is 0. The molecular weight excluding hydrogens is 248 g/mol. The van der Waals surface area contributed by atoms with Gasteiger partial charge in [-0.3, -0.25) is 4.98 Å². The van der Waals surface area contributed by atoms with Crippen LogP contribution in [-0.2, 0) is 0 Å². The average molecular weight is 264 g/mol. The summed E-state index contributed by atoms with van der Waals surface area (Å²) in [5.74, 6) is 0. The van der Waals surface area contributed by atoms with Crippen molar-refractivity contribution in [3.05, 3.63) is 66.1 Å². The first-order valence-corrected chi connectivity index (χ1v) is 6.73. The largest absolute Gasteiger partial charge is 0.306 e. The predicted molar refractivity (Wildman–Crippen MR) is 79.3 cm³/mol. The Morgan fingerprint density at radius 2 is 1.95 bits per heavy atom. The quantitative estimate of drug-likeness (QED) is 0.787. The molecule has 0 spiro atoms. The molecule has 1 unspecified atom stereocenters. The molecule has 0 aliphatic carbocycles. The first kappa shape index (κ1) is 12.7. The van der Waals surface area contributed by atoms with E-state index in [0.29, 0.717) is 0 Å². The summed E-state index contributed by atoms with van der Waals surface area (Å²) in [5.41, 5.74) is 3.25. The maximum absolute atomic E-state index is 4.53. The smallest absolute Gasteiger partial charge is 0.0702 e. The molecule has 4 nitrogen and oxygen atoms in total. The molecule has 3 aromatic rings. The normalized spacial score (nSPS) is 12.4. The second-order valence-electron chi connectivity index (χ2n) is 4.63. The van der Waals surface area contributed by atoms with Gasteiger partial charge in [-0.25, -0.2) is 0 Å². The fourth-order valence-electron chi connectivity index (χ4n) is 2.35. The van der Waals surface area contributed by atoms with Crippen LogP contribution in [0.15, 0.2) is 55.0 Å². The fourth-order valence-corrected chi connectivity index (χ4v) is 2.35. The van der Waals surface area contributed by atoms with Gasteiger partial charge in [0.2, 0.25) is 0 Å². The van der Waals surface area contributed by atoms with Gasteiger partial charge < -0.3 is 5.32 Å². The van der Waals surface area contributed by atoms with Gasteiger partial charge in [-0.05, 0) is 35.9 Å². The number of rotatable bonds is 4. The molecule has 0 fully saturated rings. The summed E-state index contributed by atoms with van der Waals surface area (Å²) in [4.78, 5) is 4.53. The maximum Gasteiger partial charge on any atom is 0.0702 e. The van der Waals surface area contributed by atoms with E-state index in [4.69, 9.17) is 0 Å². The average Bonchev–Trinajstić information content (AvgIpc) is 2.53. The Hall–Kier alpha value is -2.33. The molecular formula is C16H16N4. The predicted octanol–water partition coefficient (Wildman–Crippen LogP) is 2.72. The van der Waals surface area contributed by atoms with Crippen molar-refractivity contribution in [2.45, 2.75) is 13.0 Å². The highest BCUT2D eigenvalue weighted by atomic mass is 15.1. The summed E-state index contributed by atoms with van der Waals surface area (Å²) in [6.45, 7) is 2.97. The molecule has 0 aliphatic rings. The monoisotopic (exact) mass is 264 g/mol. The van der Waals surface area contributed by atoms with Crippen molar-refractivity contribution in [2.75, 3.05) is 6.54 Å². The van der Waals surface area contributed by atoms with Crippen molar-refractivity contribution in [1.29, 1.82) is 0 Å². The third-order valence-electron chi connectivity index (χ3n) is 3.29. The van der Waals surface area contributed by atoms with Gasteiger partial charge in [0.1, 0.15) is 0 Å². The first-order valence-electron chi connectivity index (χ1n) is 6.73. The highest BCUT2D eigenvalue weighted by molar-refractivity contribution is 5.78. The van der Waals surface area contributed by atoms with E-state index in [9.17, 15) is 0 Å². The molecule has 2 aromatic heterocycles. The van der Waals surface area contributed by atoms with Crippen LogP contribution in [0.2, 0.25) is 0 Å². The lowest BCUT2D eigenvalue weighted by Crippen LogP contribution is -2.22. The number of nitrogens with one attached hydrogen (secondary N) is 1. The van der Waals surface area contributed by atoms with Crippen molar-refractivity contribution >= 4 is 10.9 Å². The van der Waals surface area contributed by atoms with E-state index in [1.54, 1.807) is 12.4 Å². The van der Waals surface area contributed by atoms with Gasteiger partial charge in [-0.15, -0.1) is 0 Å². The first-order chi connectivity index (χ1) is 9.88. The number of aromatic nitrogens is 3. The highest BCUT2D eigenvalue weighted by Crippen LogP contribution is 2.23. The summed E-state index contributed by atoms with van der Waals surface area (Å²) >= 11 is 0. The standard InChI is InChI=1S/C16H16N4/c1-2-17-16(13-7-8-19-20-11-13)14-9-12-5-3-4-6-15(12)18-10-14/h3-11,16-17H,2H2,1H3. The molecule has 1 N–H and O–H groups in total. The second-order valence-corrected chi connectivity index (χ2v) is 4.63. The molecule has 0 amide bonds. The number of hydrogen-bond donors (Lipinski definition) is 1. The molecule has 0 bridgehead atoms. The van der Waals surface area contributed by atoms with Gasteiger partial charge in [0, 0.05) is 17.8 Å². The van der Waals surface area contributed by atoms with E-state index in [1.807, 2.05) is 30.5 Å². The molecule has 1 aromatic carbocycles. The lowest BCUT2D eigenvalue weighted by atomic mass is 10.0. The Labute approximate surface area is 117 Å². The van der Waals surface area contributed by atoms with Crippen LogP contribution in [0, 0.1) is 0 Å². The van der Waals surface area contributed by atoms with E-state index < -0.39 is 0 Å². The number of nitrogens with zero attached hydrogens (tertiary/aromatic N) is 3. The molecule has 4 heteroatoms. The number of hydrogen-bond acceptors (Lipinski definition) is 4. The van der Waals surface area contributed by atoms with E-state index in [0.717, 1.165) is 28.6 Å². The lowest BCUT2D eigenvalue weighted by Gasteiger charge is -2.18. The van der Waals surface area contributed by atoms with Crippen LogP contribution < -0.4 is 5.32 Å². The van der Waals surface area contributed by atoms with Crippen molar-refractivity contribution in [3.8, 4) is 0 Å². The Kier molecular flexibility index (Phi) is 3.65. The molecule has 1 atom stereocenters. The van der Waals surface area contributed by atoms with Crippen LogP contribution in [0.25, 0.3) is 10.9 Å².